The van der Waals surface area contributed by atoms with Gasteiger partial charge in [-0.05, 0) is 45.8 Å². The fourth-order valence-corrected chi connectivity index (χ4v) is 12.0. The molecule has 0 radical (unpaired) electrons. The van der Waals surface area contributed by atoms with Crippen LogP contribution in [0, 0.1) is 0 Å². The first-order valence-corrected chi connectivity index (χ1v) is 19.3. The molecule has 4 aromatic heterocycles. The molecule has 226 valence electrons. The van der Waals surface area contributed by atoms with E-state index in [-0.39, 0.29) is 0 Å². The predicted octanol–water partition coefficient (Wildman–Crippen LogP) is 14.9. The second-order valence-corrected chi connectivity index (χ2v) is 16.2. The molecule has 0 unspecified atom stereocenters. The standard InChI is InChI=1S/C44H26S4/c1-3-15-29-27(11-1)13-9-21-31(29)41-33-17-5-7-19-35(33)43(47-41)39-25-23-37(45-39)38-24-26-40(46-38)44-36-20-8-6-18-34(36)42(48-44)32-22-10-14-28-12-2-4-16-30(28)32/h1-26H. The van der Waals surface area contributed by atoms with Gasteiger partial charge in [-0.15, -0.1) is 45.3 Å². The summed E-state index contributed by atoms with van der Waals surface area (Å²) >= 11 is 7.66. The summed E-state index contributed by atoms with van der Waals surface area (Å²) in [6, 6.07) is 57.9. The van der Waals surface area contributed by atoms with Crippen molar-refractivity contribution in [2.45, 2.75) is 0 Å². The lowest BCUT2D eigenvalue weighted by atomic mass is 10.0. The molecule has 0 nitrogen and oxygen atoms in total. The van der Waals surface area contributed by atoms with E-state index in [0.717, 1.165) is 0 Å². The summed E-state index contributed by atoms with van der Waals surface area (Å²) in [6.45, 7) is 0. The van der Waals surface area contributed by atoms with E-state index in [1.165, 1.54) is 93.2 Å². The molecule has 48 heavy (non-hydrogen) atoms. The molecule has 0 amide bonds. The molecule has 0 atom stereocenters. The first kappa shape index (κ1) is 28.2. The summed E-state index contributed by atoms with van der Waals surface area (Å²) in [5, 5.41) is 10.5. The molecule has 4 heteroatoms. The Morgan fingerprint density at radius 3 is 1.00 bits per heavy atom. The number of thiophene rings is 4. The van der Waals surface area contributed by atoms with Crippen LogP contribution in [-0.4, -0.2) is 0 Å². The third kappa shape index (κ3) is 4.52. The van der Waals surface area contributed by atoms with Crippen molar-refractivity contribution in [2.24, 2.45) is 0 Å². The monoisotopic (exact) mass is 682 g/mol. The molecule has 0 bridgehead atoms. The Hall–Kier alpha value is -4.84. The van der Waals surface area contributed by atoms with Crippen molar-refractivity contribution in [3.05, 3.63) is 158 Å². The lowest BCUT2D eigenvalue weighted by Crippen LogP contribution is -1.78. The number of rotatable bonds is 5. The van der Waals surface area contributed by atoms with Crippen LogP contribution in [0.25, 0.3) is 93.2 Å². The minimum absolute atomic E-state index is 1.28. The Balaban J connectivity index is 1.05. The van der Waals surface area contributed by atoms with Crippen LogP contribution in [0.5, 0.6) is 0 Å². The third-order valence-electron chi connectivity index (χ3n) is 9.21. The maximum absolute atomic E-state index is 2.32. The fourth-order valence-electron chi connectivity index (χ4n) is 6.98. The Labute approximate surface area is 294 Å². The predicted molar refractivity (Wildman–Crippen MR) is 215 cm³/mol. The average Bonchev–Trinajstić information content (AvgIpc) is 3.96. The van der Waals surface area contributed by atoms with Gasteiger partial charge in [0.05, 0.1) is 9.75 Å². The van der Waals surface area contributed by atoms with Crippen LogP contribution in [0.3, 0.4) is 0 Å². The van der Waals surface area contributed by atoms with E-state index in [1.54, 1.807) is 0 Å². The zero-order valence-electron chi connectivity index (χ0n) is 25.6. The molecule has 0 N–H and O–H groups in total. The Kier molecular flexibility index (Phi) is 6.70. The molecule has 0 saturated heterocycles. The molecule has 0 saturated carbocycles. The molecule has 0 fully saturated rings. The van der Waals surface area contributed by atoms with Gasteiger partial charge in [0, 0.05) is 61.9 Å². The van der Waals surface area contributed by atoms with Gasteiger partial charge in [-0.25, -0.2) is 0 Å². The minimum atomic E-state index is 1.28. The van der Waals surface area contributed by atoms with Crippen LogP contribution in [0.15, 0.2) is 158 Å². The summed E-state index contributed by atoms with van der Waals surface area (Å²) in [5.74, 6) is 0. The van der Waals surface area contributed by atoms with E-state index in [4.69, 9.17) is 0 Å². The van der Waals surface area contributed by atoms with Gasteiger partial charge < -0.3 is 0 Å². The fraction of sp³-hybridized carbons (Fsp3) is 0. The maximum Gasteiger partial charge on any atom is 0.0528 e. The molecule has 0 aliphatic heterocycles. The molecular formula is C44H26S4. The zero-order chi connectivity index (χ0) is 31.6. The van der Waals surface area contributed by atoms with Gasteiger partial charge in [0.2, 0.25) is 0 Å². The van der Waals surface area contributed by atoms with Crippen LogP contribution < -0.4 is 0 Å². The average molecular weight is 683 g/mol. The molecule has 4 heterocycles. The number of hydrogen-bond acceptors (Lipinski definition) is 4. The SMILES string of the molecule is c1ccc2c(-c3sc(-c4ccc(-c5ccc(-c6sc(-c7cccc8ccccc78)c7ccccc67)s5)s4)c4ccccc34)cccc2c1. The van der Waals surface area contributed by atoms with Gasteiger partial charge in [0.1, 0.15) is 0 Å². The number of fused-ring (bicyclic) bond motifs is 4. The summed E-state index contributed by atoms with van der Waals surface area (Å²) in [4.78, 5) is 10.7. The van der Waals surface area contributed by atoms with Crippen LogP contribution in [0.2, 0.25) is 0 Å². The Bertz CT molecular complexity index is 2600. The van der Waals surface area contributed by atoms with E-state index < -0.39 is 0 Å². The van der Waals surface area contributed by atoms with Gasteiger partial charge in [0.25, 0.3) is 0 Å². The normalized spacial score (nSPS) is 11.8. The maximum atomic E-state index is 2.32. The van der Waals surface area contributed by atoms with E-state index >= 15 is 0 Å². The molecule has 0 spiro atoms. The van der Waals surface area contributed by atoms with Crippen molar-refractivity contribution in [1.82, 2.24) is 0 Å². The quantitative estimate of drug-likeness (QED) is 0.169. The highest BCUT2D eigenvalue weighted by Crippen LogP contribution is 2.51. The molecule has 10 aromatic rings. The third-order valence-corrected chi connectivity index (χ3v) is 14.4. The van der Waals surface area contributed by atoms with Gasteiger partial charge in [0.15, 0.2) is 0 Å². The van der Waals surface area contributed by atoms with Crippen molar-refractivity contribution >= 4 is 88.4 Å². The zero-order valence-corrected chi connectivity index (χ0v) is 28.9. The van der Waals surface area contributed by atoms with Crippen molar-refractivity contribution in [1.29, 1.82) is 0 Å². The second-order valence-electron chi connectivity index (χ2n) is 12.0. The van der Waals surface area contributed by atoms with E-state index in [9.17, 15) is 0 Å². The molecule has 10 rings (SSSR count). The van der Waals surface area contributed by atoms with Gasteiger partial charge in [-0.3, -0.25) is 0 Å². The summed E-state index contributed by atoms with van der Waals surface area (Å²) in [7, 11) is 0. The summed E-state index contributed by atoms with van der Waals surface area (Å²) < 4.78 is 0. The second kappa shape index (κ2) is 11.4. The van der Waals surface area contributed by atoms with Crippen LogP contribution in [-0.2, 0) is 0 Å². The first-order chi connectivity index (χ1) is 23.8. The summed E-state index contributed by atoms with van der Waals surface area (Å²) in [5.41, 5.74) is 2.62. The summed E-state index contributed by atoms with van der Waals surface area (Å²) in [6.07, 6.45) is 0. The topological polar surface area (TPSA) is 0 Å². The van der Waals surface area contributed by atoms with Gasteiger partial charge in [-0.1, -0.05) is 133 Å². The van der Waals surface area contributed by atoms with Gasteiger partial charge >= 0.3 is 0 Å². The van der Waals surface area contributed by atoms with Crippen LogP contribution in [0.4, 0.5) is 0 Å². The Morgan fingerprint density at radius 2 is 0.562 bits per heavy atom. The van der Waals surface area contributed by atoms with Crippen molar-refractivity contribution < 1.29 is 0 Å². The van der Waals surface area contributed by atoms with Crippen molar-refractivity contribution in [2.75, 3.05) is 0 Å². The van der Waals surface area contributed by atoms with Crippen molar-refractivity contribution in [3.63, 3.8) is 0 Å². The highest BCUT2D eigenvalue weighted by molar-refractivity contribution is 7.30. The number of hydrogen-bond donors (Lipinski definition) is 0. The van der Waals surface area contributed by atoms with E-state index in [1.807, 2.05) is 45.3 Å². The minimum Gasteiger partial charge on any atom is -0.133 e. The van der Waals surface area contributed by atoms with Crippen molar-refractivity contribution in [3.8, 4) is 50.1 Å². The molecule has 0 aliphatic carbocycles. The lowest BCUT2D eigenvalue weighted by Gasteiger charge is -2.05. The lowest BCUT2D eigenvalue weighted by molar-refractivity contribution is 1.74. The largest absolute Gasteiger partial charge is 0.133 e. The Morgan fingerprint density at radius 1 is 0.229 bits per heavy atom. The highest BCUT2D eigenvalue weighted by Gasteiger charge is 2.20. The smallest absolute Gasteiger partial charge is 0.0528 e. The molecule has 6 aromatic carbocycles. The first-order valence-electron chi connectivity index (χ1n) is 16.0. The number of benzene rings is 6. The van der Waals surface area contributed by atoms with Crippen LogP contribution >= 0.6 is 45.3 Å². The molecular weight excluding hydrogens is 657 g/mol. The van der Waals surface area contributed by atoms with E-state index in [2.05, 4.69) is 158 Å². The molecule has 0 aliphatic rings. The van der Waals surface area contributed by atoms with Crippen LogP contribution in [0.1, 0.15) is 0 Å². The highest BCUT2D eigenvalue weighted by atomic mass is 32.1. The van der Waals surface area contributed by atoms with Gasteiger partial charge in [-0.2, -0.15) is 0 Å². The van der Waals surface area contributed by atoms with E-state index in [0.29, 0.717) is 0 Å².